The van der Waals surface area contributed by atoms with Crippen molar-refractivity contribution in [1.29, 1.82) is 0 Å². The summed E-state index contributed by atoms with van der Waals surface area (Å²) in [5.74, 6) is 0. The minimum absolute atomic E-state index is 0.00227. The molecule has 4 aromatic rings. The van der Waals surface area contributed by atoms with Gasteiger partial charge in [-0.3, -0.25) is 14.8 Å². The molecule has 0 fully saturated rings. The minimum atomic E-state index is -4.43. The summed E-state index contributed by atoms with van der Waals surface area (Å²) >= 11 is 0. The molecule has 2 aromatic heterocycles. The van der Waals surface area contributed by atoms with Crippen LogP contribution in [0.2, 0.25) is 0 Å². The molecule has 0 aliphatic rings. The van der Waals surface area contributed by atoms with Gasteiger partial charge >= 0.3 is 12.4 Å². The van der Waals surface area contributed by atoms with Gasteiger partial charge in [0.2, 0.25) is 0 Å². The molecule has 0 aliphatic carbocycles. The zero-order valence-electron chi connectivity index (χ0n) is 18.2. The quantitative estimate of drug-likeness (QED) is 0.220. The van der Waals surface area contributed by atoms with Crippen LogP contribution in [0.3, 0.4) is 0 Å². The maximum Gasteiger partial charge on any atom is 0.417 e. The Bertz CT molecular complexity index is 1280. The van der Waals surface area contributed by atoms with Crippen molar-refractivity contribution in [2.45, 2.75) is 19.3 Å². The van der Waals surface area contributed by atoms with E-state index >= 15 is 0 Å². The summed E-state index contributed by atoms with van der Waals surface area (Å²) < 4.78 is 76.7. The van der Waals surface area contributed by atoms with Crippen LogP contribution in [0.25, 0.3) is 22.5 Å². The third kappa shape index (κ3) is 6.53. The molecule has 9 heteroatoms. The fourth-order valence-corrected chi connectivity index (χ4v) is 3.17. The number of hydrogen-bond donors (Lipinski definition) is 0. The third-order valence-corrected chi connectivity index (χ3v) is 4.85. The Kier molecular flexibility index (Phi) is 7.68. The van der Waals surface area contributed by atoms with Crippen molar-refractivity contribution in [2.24, 2.45) is 0 Å². The van der Waals surface area contributed by atoms with Gasteiger partial charge in [0.15, 0.2) is 6.29 Å². The number of carbonyl (C=O) groups excluding carboxylic acids is 1. The predicted molar refractivity (Wildman–Crippen MR) is 119 cm³/mol. The molecule has 2 aromatic carbocycles. The van der Waals surface area contributed by atoms with Crippen molar-refractivity contribution in [3.63, 3.8) is 0 Å². The van der Waals surface area contributed by atoms with Crippen molar-refractivity contribution in [2.75, 3.05) is 0 Å². The summed E-state index contributed by atoms with van der Waals surface area (Å²) in [4.78, 5) is 18.3. The second-order valence-corrected chi connectivity index (χ2v) is 7.40. The molecule has 0 saturated carbocycles. The van der Waals surface area contributed by atoms with Gasteiger partial charge in [0.05, 0.1) is 22.5 Å². The molecule has 0 bridgehead atoms. The summed E-state index contributed by atoms with van der Waals surface area (Å²) in [6, 6.07) is 16.8. The van der Waals surface area contributed by atoms with Crippen LogP contribution in [0.4, 0.5) is 26.3 Å². The number of alkyl halides is 6. The first-order valence-electron chi connectivity index (χ1n) is 10.2. The van der Waals surface area contributed by atoms with Crippen LogP contribution in [0.15, 0.2) is 85.2 Å². The number of aryl methyl sites for hydroxylation is 1. The lowest BCUT2D eigenvalue weighted by Gasteiger charge is -2.12. The van der Waals surface area contributed by atoms with Crippen LogP contribution >= 0.6 is 0 Å². The van der Waals surface area contributed by atoms with Crippen LogP contribution in [0.1, 0.15) is 27.0 Å². The van der Waals surface area contributed by atoms with Crippen molar-refractivity contribution in [3.8, 4) is 22.5 Å². The minimum Gasteiger partial charge on any atom is -0.298 e. The number of aromatic nitrogens is 2. The SMILES string of the molecule is Cc1ccc(-c2ccccc2C(F)(F)F)nc1.O=Cc1ccc(-c2ccccc2C(F)(F)F)nc1. The summed E-state index contributed by atoms with van der Waals surface area (Å²) in [5, 5.41) is 0. The molecular formula is C26H18F6N2O. The highest BCUT2D eigenvalue weighted by atomic mass is 19.4. The van der Waals surface area contributed by atoms with Gasteiger partial charge in [0.1, 0.15) is 0 Å². The topological polar surface area (TPSA) is 42.9 Å². The zero-order chi connectivity index (χ0) is 25.6. The van der Waals surface area contributed by atoms with Gasteiger partial charge in [-0.1, -0.05) is 42.5 Å². The zero-order valence-corrected chi connectivity index (χ0v) is 18.2. The average Bonchev–Trinajstić information content (AvgIpc) is 2.84. The molecular weight excluding hydrogens is 470 g/mol. The van der Waals surface area contributed by atoms with E-state index in [4.69, 9.17) is 0 Å². The van der Waals surface area contributed by atoms with E-state index < -0.39 is 23.5 Å². The van der Waals surface area contributed by atoms with E-state index in [2.05, 4.69) is 9.97 Å². The lowest BCUT2D eigenvalue weighted by molar-refractivity contribution is -0.137. The van der Waals surface area contributed by atoms with Gasteiger partial charge in [0, 0.05) is 29.1 Å². The second kappa shape index (κ2) is 10.5. The number of hydrogen-bond acceptors (Lipinski definition) is 3. The van der Waals surface area contributed by atoms with Crippen molar-refractivity contribution >= 4 is 6.29 Å². The number of pyridine rings is 2. The molecule has 0 N–H and O–H groups in total. The van der Waals surface area contributed by atoms with Gasteiger partial charge in [-0.15, -0.1) is 0 Å². The molecule has 0 amide bonds. The Balaban J connectivity index is 0.000000196. The predicted octanol–water partition coefficient (Wildman–Crippen LogP) is 7.66. The molecule has 35 heavy (non-hydrogen) atoms. The van der Waals surface area contributed by atoms with Crippen molar-refractivity contribution in [3.05, 3.63) is 107 Å². The smallest absolute Gasteiger partial charge is 0.298 e. The maximum absolute atomic E-state index is 12.8. The Morgan fingerprint density at radius 1 is 0.629 bits per heavy atom. The Morgan fingerprint density at radius 2 is 1.09 bits per heavy atom. The fraction of sp³-hybridized carbons (Fsp3) is 0.115. The van der Waals surface area contributed by atoms with Crippen molar-refractivity contribution in [1.82, 2.24) is 9.97 Å². The lowest BCUT2D eigenvalue weighted by Crippen LogP contribution is -2.07. The molecule has 4 rings (SSSR count). The van der Waals surface area contributed by atoms with E-state index in [1.54, 1.807) is 24.4 Å². The maximum atomic E-state index is 12.8. The number of aldehydes is 1. The number of carbonyl (C=O) groups is 1. The summed E-state index contributed by atoms with van der Waals surface area (Å²) in [6.07, 6.45) is -5.39. The van der Waals surface area contributed by atoms with Crippen LogP contribution in [0, 0.1) is 6.92 Å². The van der Waals surface area contributed by atoms with Gasteiger partial charge in [-0.25, -0.2) is 0 Å². The first kappa shape index (κ1) is 25.6. The van der Waals surface area contributed by atoms with Crippen LogP contribution in [-0.4, -0.2) is 16.3 Å². The van der Waals surface area contributed by atoms with E-state index in [0.29, 0.717) is 17.5 Å². The van der Waals surface area contributed by atoms with E-state index in [1.165, 1.54) is 48.7 Å². The summed E-state index contributed by atoms with van der Waals surface area (Å²) in [7, 11) is 0. The van der Waals surface area contributed by atoms with Gasteiger partial charge in [-0.2, -0.15) is 26.3 Å². The largest absolute Gasteiger partial charge is 0.417 e. The molecule has 180 valence electrons. The molecule has 0 unspecified atom stereocenters. The monoisotopic (exact) mass is 488 g/mol. The first-order chi connectivity index (χ1) is 16.5. The molecule has 0 atom stereocenters. The molecule has 3 nitrogen and oxygen atoms in total. The Morgan fingerprint density at radius 3 is 1.46 bits per heavy atom. The summed E-state index contributed by atoms with van der Waals surface area (Å²) in [6.45, 7) is 1.84. The molecule has 0 saturated heterocycles. The van der Waals surface area contributed by atoms with Crippen LogP contribution in [-0.2, 0) is 12.4 Å². The van der Waals surface area contributed by atoms with E-state index in [-0.39, 0.29) is 16.8 Å². The normalized spacial score (nSPS) is 11.4. The van der Waals surface area contributed by atoms with Crippen molar-refractivity contribution < 1.29 is 31.1 Å². The van der Waals surface area contributed by atoms with E-state index in [1.807, 2.05) is 6.92 Å². The van der Waals surface area contributed by atoms with Crippen LogP contribution < -0.4 is 0 Å². The number of halogens is 6. The highest BCUT2D eigenvalue weighted by Crippen LogP contribution is 2.37. The highest BCUT2D eigenvalue weighted by molar-refractivity contribution is 5.75. The third-order valence-electron chi connectivity index (χ3n) is 4.85. The lowest BCUT2D eigenvalue weighted by atomic mass is 10.0. The van der Waals surface area contributed by atoms with Gasteiger partial charge < -0.3 is 0 Å². The standard InChI is InChI=1S/C13H8F3NO.C13H10F3N/c14-13(15,16)11-4-2-1-3-10(11)12-6-5-9(8-18)7-17-12;1-9-6-7-12(17-8-9)10-4-2-3-5-11(10)13(14,15)16/h1-8H;2-8H,1H3. The average molecular weight is 488 g/mol. The molecule has 0 aliphatic heterocycles. The summed E-state index contributed by atoms with van der Waals surface area (Å²) in [5.41, 5.74) is 0.480. The van der Waals surface area contributed by atoms with Gasteiger partial charge in [0.25, 0.3) is 0 Å². The van der Waals surface area contributed by atoms with Gasteiger partial charge in [-0.05, 0) is 42.8 Å². The first-order valence-corrected chi connectivity index (χ1v) is 10.2. The molecule has 0 spiro atoms. The Hall–Kier alpha value is -4.01. The fourth-order valence-electron chi connectivity index (χ4n) is 3.17. The highest BCUT2D eigenvalue weighted by Gasteiger charge is 2.34. The van der Waals surface area contributed by atoms with Crippen LogP contribution in [0.5, 0.6) is 0 Å². The van der Waals surface area contributed by atoms with E-state index in [9.17, 15) is 31.1 Å². The number of rotatable bonds is 3. The number of benzene rings is 2. The molecule has 2 heterocycles. The Labute approximate surface area is 197 Å². The number of nitrogens with zero attached hydrogens (tertiary/aromatic N) is 2. The molecule has 0 radical (unpaired) electrons. The second-order valence-electron chi connectivity index (χ2n) is 7.40. The van der Waals surface area contributed by atoms with E-state index in [0.717, 1.165) is 17.7 Å².